The van der Waals surface area contributed by atoms with Crippen LogP contribution in [0.3, 0.4) is 0 Å². The number of rotatable bonds is 5. The predicted octanol–water partition coefficient (Wildman–Crippen LogP) is 13.4. The van der Waals surface area contributed by atoms with Crippen LogP contribution in [0.4, 0.5) is 17.1 Å². The van der Waals surface area contributed by atoms with Crippen molar-refractivity contribution in [3.05, 3.63) is 176 Å². The average molecular weight is 628 g/mol. The Balaban J connectivity index is 1.31. The second kappa shape index (κ2) is 11.0. The summed E-state index contributed by atoms with van der Waals surface area (Å²) in [6.07, 6.45) is 0. The lowest BCUT2D eigenvalue weighted by molar-refractivity contribution is 0.670. The summed E-state index contributed by atoms with van der Waals surface area (Å²) in [7, 11) is 0. The Hall–Kier alpha value is -6.58. The van der Waals surface area contributed by atoms with Crippen molar-refractivity contribution in [2.45, 2.75) is 0 Å². The lowest BCUT2D eigenvalue weighted by Gasteiger charge is -2.30. The Bertz CT molecular complexity index is 2840. The number of nitrogens with zero attached hydrogens (tertiary/aromatic N) is 1. The minimum Gasteiger partial charge on any atom is -0.455 e. The van der Waals surface area contributed by atoms with E-state index < -0.39 is 0 Å². The van der Waals surface area contributed by atoms with Gasteiger partial charge in [0, 0.05) is 38.2 Å². The first-order valence-corrected chi connectivity index (χ1v) is 16.6. The minimum atomic E-state index is 0.850. The molecule has 49 heavy (non-hydrogen) atoms. The highest BCUT2D eigenvalue weighted by molar-refractivity contribution is 6.20. The van der Waals surface area contributed by atoms with Crippen molar-refractivity contribution in [2.24, 2.45) is 0 Å². The van der Waals surface area contributed by atoms with Crippen molar-refractivity contribution in [1.29, 1.82) is 0 Å². The van der Waals surface area contributed by atoms with Gasteiger partial charge in [0.2, 0.25) is 0 Å². The molecule has 230 valence electrons. The molecular weight excluding hydrogens is 599 g/mol. The summed E-state index contributed by atoms with van der Waals surface area (Å²) in [5.74, 6) is 0. The Kier molecular flexibility index (Phi) is 6.18. The fourth-order valence-corrected chi connectivity index (χ4v) is 7.50. The van der Waals surface area contributed by atoms with Crippen molar-refractivity contribution < 1.29 is 8.83 Å². The molecule has 0 unspecified atom stereocenters. The van der Waals surface area contributed by atoms with Gasteiger partial charge in [-0.1, -0.05) is 140 Å². The highest BCUT2D eigenvalue weighted by Crippen LogP contribution is 2.50. The van der Waals surface area contributed by atoms with Gasteiger partial charge in [0.05, 0.1) is 22.4 Å². The standard InChI is InChI=1S/C46H29NO2/c1-2-14-30(15-3-1)32-17-6-9-23-39(32)47(41-25-13-27-43-44(41)38-29-28-31-16-4-5-18-33(31)45(38)49-43)40-24-10-7-19-34(40)36-21-12-22-37-35-20-8-11-26-42(35)48-46(36)37/h1-29H. The number of benzene rings is 8. The van der Waals surface area contributed by atoms with E-state index in [1.54, 1.807) is 0 Å². The fraction of sp³-hybridized carbons (Fsp3) is 0. The third kappa shape index (κ3) is 4.29. The quantitative estimate of drug-likeness (QED) is 0.190. The van der Waals surface area contributed by atoms with E-state index in [4.69, 9.17) is 8.83 Å². The molecule has 0 aliphatic heterocycles. The van der Waals surface area contributed by atoms with Crippen molar-refractivity contribution in [3.8, 4) is 22.3 Å². The van der Waals surface area contributed by atoms with Crippen LogP contribution >= 0.6 is 0 Å². The maximum atomic E-state index is 6.71. The van der Waals surface area contributed by atoms with E-state index in [1.807, 2.05) is 12.1 Å². The van der Waals surface area contributed by atoms with Crippen LogP contribution in [0.15, 0.2) is 185 Å². The first kappa shape index (κ1) is 27.5. The topological polar surface area (TPSA) is 29.5 Å². The second-order valence-corrected chi connectivity index (χ2v) is 12.4. The molecule has 0 aliphatic carbocycles. The van der Waals surface area contributed by atoms with Gasteiger partial charge in [0.15, 0.2) is 0 Å². The smallest absolute Gasteiger partial charge is 0.143 e. The van der Waals surface area contributed by atoms with Crippen LogP contribution in [0.5, 0.6) is 0 Å². The number of para-hydroxylation sites is 4. The van der Waals surface area contributed by atoms with E-state index in [1.165, 1.54) is 0 Å². The van der Waals surface area contributed by atoms with Crippen molar-refractivity contribution in [2.75, 3.05) is 4.90 Å². The third-order valence-corrected chi connectivity index (χ3v) is 9.68. The van der Waals surface area contributed by atoms with Crippen molar-refractivity contribution >= 4 is 71.7 Å². The Morgan fingerprint density at radius 3 is 1.80 bits per heavy atom. The molecule has 0 fully saturated rings. The monoisotopic (exact) mass is 627 g/mol. The Morgan fingerprint density at radius 2 is 0.918 bits per heavy atom. The van der Waals surface area contributed by atoms with Crippen LogP contribution in [-0.2, 0) is 0 Å². The van der Waals surface area contributed by atoms with Crippen LogP contribution < -0.4 is 4.90 Å². The zero-order chi connectivity index (χ0) is 32.3. The van der Waals surface area contributed by atoms with E-state index in [2.05, 4.69) is 169 Å². The summed E-state index contributed by atoms with van der Waals surface area (Å²) in [6.45, 7) is 0. The molecular formula is C46H29NO2. The summed E-state index contributed by atoms with van der Waals surface area (Å²) in [4.78, 5) is 2.41. The van der Waals surface area contributed by atoms with Gasteiger partial charge in [-0.3, -0.25) is 0 Å². The van der Waals surface area contributed by atoms with E-state index in [-0.39, 0.29) is 0 Å². The lowest BCUT2D eigenvalue weighted by atomic mass is 9.97. The van der Waals surface area contributed by atoms with Crippen LogP contribution in [0.25, 0.3) is 76.9 Å². The maximum Gasteiger partial charge on any atom is 0.143 e. The van der Waals surface area contributed by atoms with E-state index >= 15 is 0 Å². The zero-order valence-corrected chi connectivity index (χ0v) is 26.5. The summed E-state index contributed by atoms with van der Waals surface area (Å²) in [6, 6.07) is 61.9. The van der Waals surface area contributed by atoms with Gasteiger partial charge in [0.25, 0.3) is 0 Å². The van der Waals surface area contributed by atoms with Gasteiger partial charge in [-0.05, 0) is 47.3 Å². The molecule has 0 amide bonds. The molecule has 0 radical (unpaired) electrons. The summed E-state index contributed by atoms with van der Waals surface area (Å²) in [5, 5.41) is 6.65. The molecule has 0 aliphatic rings. The number of anilines is 3. The summed E-state index contributed by atoms with van der Waals surface area (Å²) < 4.78 is 13.3. The van der Waals surface area contributed by atoms with Crippen LogP contribution in [0, 0.1) is 0 Å². The molecule has 2 heterocycles. The van der Waals surface area contributed by atoms with Gasteiger partial charge >= 0.3 is 0 Å². The molecule has 0 bridgehead atoms. The van der Waals surface area contributed by atoms with Gasteiger partial charge in [-0.25, -0.2) is 0 Å². The number of fused-ring (bicyclic) bond motifs is 8. The molecule has 0 N–H and O–H groups in total. The second-order valence-electron chi connectivity index (χ2n) is 12.4. The van der Waals surface area contributed by atoms with Crippen LogP contribution in [-0.4, -0.2) is 0 Å². The first-order chi connectivity index (χ1) is 24.3. The Labute approximate surface area is 282 Å². The zero-order valence-electron chi connectivity index (χ0n) is 26.5. The van der Waals surface area contributed by atoms with Gasteiger partial charge in [-0.2, -0.15) is 0 Å². The highest BCUT2D eigenvalue weighted by atomic mass is 16.3. The average Bonchev–Trinajstić information content (AvgIpc) is 3.75. The molecule has 3 nitrogen and oxygen atoms in total. The molecule has 0 spiro atoms. The van der Waals surface area contributed by atoms with Crippen molar-refractivity contribution in [3.63, 3.8) is 0 Å². The maximum absolute atomic E-state index is 6.71. The SMILES string of the molecule is c1ccc(-c2ccccc2N(c2ccccc2-c2cccc3c2oc2ccccc23)c2cccc3oc4c5ccccc5ccc4c23)cc1. The minimum absolute atomic E-state index is 0.850. The van der Waals surface area contributed by atoms with Crippen LogP contribution in [0.2, 0.25) is 0 Å². The largest absolute Gasteiger partial charge is 0.455 e. The molecule has 8 aromatic carbocycles. The highest BCUT2D eigenvalue weighted by Gasteiger charge is 2.25. The molecule has 0 saturated carbocycles. The molecule has 10 rings (SSSR count). The Morgan fingerprint density at radius 1 is 0.327 bits per heavy atom. The van der Waals surface area contributed by atoms with E-state index in [9.17, 15) is 0 Å². The number of furan rings is 2. The fourth-order valence-electron chi connectivity index (χ4n) is 7.50. The lowest BCUT2D eigenvalue weighted by Crippen LogP contribution is -2.12. The predicted molar refractivity (Wildman–Crippen MR) is 204 cm³/mol. The first-order valence-electron chi connectivity index (χ1n) is 16.6. The van der Waals surface area contributed by atoms with Gasteiger partial charge < -0.3 is 13.7 Å². The normalized spacial score (nSPS) is 11.7. The third-order valence-electron chi connectivity index (χ3n) is 9.68. The molecule has 0 saturated heterocycles. The summed E-state index contributed by atoms with van der Waals surface area (Å²) >= 11 is 0. The van der Waals surface area contributed by atoms with E-state index in [0.29, 0.717) is 0 Å². The van der Waals surface area contributed by atoms with Gasteiger partial charge in [-0.15, -0.1) is 0 Å². The number of hydrogen-bond acceptors (Lipinski definition) is 3. The molecule has 10 aromatic rings. The number of hydrogen-bond donors (Lipinski definition) is 0. The van der Waals surface area contributed by atoms with Crippen LogP contribution in [0.1, 0.15) is 0 Å². The molecule has 2 aromatic heterocycles. The molecule has 0 atom stereocenters. The molecule has 3 heteroatoms. The summed E-state index contributed by atoms with van der Waals surface area (Å²) in [5.41, 5.74) is 11.1. The van der Waals surface area contributed by atoms with E-state index in [0.717, 1.165) is 94.0 Å². The van der Waals surface area contributed by atoms with Gasteiger partial charge in [0.1, 0.15) is 22.3 Å². The van der Waals surface area contributed by atoms with Crippen molar-refractivity contribution in [1.82, 2.24) is 0 Å².